The molecule has 168 valence electrons. The first kappa shape index (κ1) is 22.9. The Morgan fingerprint density at radius 3 is 2.22 bits per heavy atom. The van der Waals surface area contributed by atoms with Crippen LogP contribution in [0.1, 0.15) is 34.9 Å². The summed E-state index contributed by atoms with van der Waals surface area (Å²) in [5.41, 5.74) is 0.814. The molecule has 1 fully saturated rings. The van der Waals surface area contributed by atoms with Crippen molar-refractivity contribution >= 4 is 23.8 Å². The van der Waals surface area contributed by atoms with Gasteiger partial charge in [-0.1, -0.05) is 30.3 Å². The molecule has 32 heavy (non-hydrogen) atoms. The van der Waals surface area contributed by atoms with Crippen molar-refractivity contribution in [3.63, 3.8) is 0 Å². The van der Waals surface area contributed by atoms with Crippen molar-refractivity contribution in [3.8, 4) is 0 Å². The standard InChI is InChI=1S/C23H24FN3O5/c1-25-23(31)26-20(28)19(15-5-3-2-4-6-15)32-22(30)17-11-13-27(14-12-17)21(29)16-7-9-18(24)10-8-16/h2-10,17,19H,11-14H2,1H3,(H2,25,26,28,31)/t19-/m1/s1. The van der Waals surface area contributed by atoms with E-state index in [1.54, 1.807) is 35.2 Å². The number of imide groups is 1. The zero-order chi connectivity index (χ0) is 23.1. The number of ether oxygens (including phenoxy) is 1. The Labute approximate surface area is 184 Å². The number of hydrogen-bond acceptors (Lipinski definition) is 5. The Bertz CT molecular complexity index is 973. The van der Waals surface area contributed by atoms with Gasteiger partial charge in [-0.25, -0.2) is 9.18 Å². The minimum Gasteiger partial charge on any atom is -0.447 e. The Kier molecular flexibility index (Phi) is 7.54. The van der Waals surface area contributed by atoms with Crippen molar-refractivity contribution in [2.24, 2.45) is 5.92 Å². The fourth-order valence-electron chi connectivity index (χ4n) is 3.45. The number of benzene rings is 2. The molecule has 0 aromatic heterocycles. The van der Waals surface area contributed by atoms with Gasteiger partial charge in [0.1, 0.15) is 5.82 Å². The van der Waals surface area contributed by atoms with Gasteiger partial charge in [-0.15, -0.1) is 0 Å². The van der Waals surface area contributed by atoms with E-state index in [-0.39, 0.29) is 5.91 Å². The average Bonchev–Trinajstić information content (AvgIpc) is 2.82. The SMILES string of the molecule is CNC(=O)NC(=O)[C@H](OC(=O)C1CCN(C(=O)c2ccc(F)cc2)CC1)c1ccccc1. The molecule has 0 saturated carbocycles. The van der Waals surface area contributed by atoms with E-state index in [0.717, 1.165) is 0 Å². The first-order valence-electron chi connectivity index (χ1n) is 10.2. The van der Waals surface area contributed by atoms with Gasteiger partial charge in [-0.3, -0.25) is 19.7 Å². The maximum Gasteiger partial charge on any atom is 0.321 e. The highest BCUT2D eigenvalue weighted by Gasteiger charge is 2.33. The normalized spacial score (nSPS) is 14.9. The van der Waals surface area contributed by atoms with Gasteiger partial charge >= 0.3 is 12.0 Å². The summed E-state index contributed by atoms with van der Waals surface area (Å²) in [5.74, 6) is -2.47. The van der Waals surface area contributed by atoms with E-state index in [4.69, 9.17) is 4.74 Å². The molecular formula is C23H24FN3O5. The van der Waals surface area contributed by atoms with E-state index in [9.17, 15) is 23.6 Å². The number of halogens is 1. The number of hydrogen-bond donors (Lipinski definition) is 2. The summed E-state index contributed by atoms with van der Waals surface area (Å²) in [4.78, 5) is 51.0. The lowest BCUT2D eigenvalue weighted by atomic mass is 9.96. The summed E-state index contributed by atoms with van der Waals surface area (Å²) in [5, 5.41) is 4.42. The summed E-state index contributed by atoms with van der Waals surface area (Å²) in [7, 11) is 1.37. The third-order valence-corrected chi connectivity index (χ3v) is 5.24. The van der Waals surface area contributed by atoms with Crippen LogP contribution in [0.2, 0.25) is 0 Å². The molecule has 1 heterocycles. The first-order chi connectivity index (χ1) is 15.4. The number of nitrogens with one attached hydrogen (secondary N) is 2. The fraction of sp³-hybridized carbons (Fsp3) is 0.304. The summed E-state index contributed by atoms with van der Waals surface area (Å²) < 4.78 is 18.6. The second-order valence-electron chi connectivity index (χ2n) is 7.37. The Morgan fingerprint density at radius 1 is 1.00 bits per heavy atom. The number of amides is 4. The van der Waals surface area contributed by atoms with Crippen LogP contribution in [-0.4, -0.2) is 48.9 Å². The number of piperidine rings is 1. The highest BCUT2D eigenvalue weighted by atomic mass is 19.1. The smallest absolute Gasteiger partial charge is 0.321 e. The Morgan fingerprint density at radius 2 is 1.62 bits per heavy atom. The monoisotopic (exact) mass is 441 g/mol. The molecule has 9 heteroatoms. The number of urea groups is 1. The van der Waals surface area contributed by atoms with E-state index in [1.807, 2.05) is 0 Å². The highest BCUT2D eigenvalue weighted by molar-refractivity contribution is 5.98. The van der Waals surface area contributed by atoms with Crippen LogP contribution in [-0.2, 0) is 14.3 Å². The van der Waals surface area contributed by atoms with E-state index >= 15 is 0 Å². The predicted molar refractivity (Wildman–Crippen MR) is 113 cm³/mol. The molecule has 0 bridgehead atoms. The highest BCUT2D eigenvalue weighted by Crippen LogP contribution is 2.25. The van der Waals surface area contributed by atoms with Gasteiger partial charge in [0.2, 0.25) is 6.10 Å². The second kappa shape index (κ2) is 10.5. The molecular weight excluding hydrogens is 417 g/mol. The van der Waals surface area contributed by atoms with Crippen molar-refractivity contribution in [2.45, 2.75) is 18.9 Å². The molecule has 0 aliphatic carbocycles. The van der Waals surface area contributed by atoms with E-state index in [1.165, 1.54) is 31.3 Å². The molecule has 1 aliphatic heterocycles. The summed E-state index contributed by atoms with van der Waals surface area (Å²) >= 11 is 0. The number of esters is 1. The first-order valence-corrected chi connectivity index (χ1v) is 10.2. The molecule has 1 aliphatic rings. The van der Waals surface area contributed by atoms with Crippen LogP contribution in [0.5, 0.6) is 0 Å². The maximum absolute atomic E-state index is 13.1. The van der Waals surface area contributed by atoms with Gasteiger partial charge in [0.25, 0.3) is 11.8 Å². The van der Waals surface area contributed by atoms with Gasteiger partial charge < -0.3 is 15.0 Å². The van der Waals surface area contributed by atoms with Crippen molar-refractivity contribution in [3.05, 3.63) is 71.5 Å². The molecule has 4 amide bonds. The largest absolute Gasteiger partial charge is 0.447 e. The average molecular weight is 441 g/mol. The van der Waals surface area contributed by atoms with Crippen LogP contribution in [0.4, 0.5) is 9.18 Å². The minimum atomic E-state index is -1.28. The lowest BCUT2D eigenvalue weighted by Gasteiger charge is -2.31. The van der Waals surface area contributed by atoms with Crippen molar-refractivity contribution in [1.82, 2.24) is 15.5 Å². The summed E-state index contributed by atoms with van der Waals surface area (Å²) in [6, 6.07) is 13.0. The van der Waals surface area contributed by atoms with E-state index in [0.29, 0.717) is 37.1 Å². The van der Waals surface area contributed by atoms with Crippen LogP contribution in [0, 0.1) is 11.7 Å². The predicted octanol–water partition coefficient (Wildman–Crippen LogP) is 2.42. The van der Waals surface area contributed by atoms with Crippen molar-refractivity contribution in [2.75, 3.05) is 20.1 Å². The van der Waals surface area contributed by atoms with Gasteiger partial charge in [-0.2, -0.15) is 0 Å². The summed E-state index contributed by atoms with van der Waals surface area (Å²) in [6.07, 6.45) is -0.547. The van der Waals surface area contributed by atoms with Crippen LogP contribution in [0.3, 0.4) is 0 Å². The zero-order valence-corrected chi connectivity index (χ0v) is 17.5. The molecule has 3 rings (SSSR count). The van der Waals surface area contributed by atoms with E-state index < -0.39 is 35.7 Å². The third kappa shape index (κ3) is 5.69. The molecule has 2 aromatic rings. The quantitative estimate of drug-likeness (QED) is 0.694. The van der Waals surface area contributed by atoms with Gasteiger partial charge in [0, 0.05) is 31.3 Å². The summed E-state index contributed by atoms with van der Waals surface area (Å²) in [6.45, 7) is 0.660. The van der Waals surface area contributed by atoms with Crippen molar-refractivity contribution in [1.29, 1.82) is 0 Å². The molecule has 1 saturated heterocycles. The number of carbonyl (C=O) groups excluding carboxylic acids is 4. The maximum atomic E-state index is 13.1. The number of rotatable bonds is 5. The lowest BCUT2D eigenvalue weighted by molar-refractivity contribution is -0.161. The molecule has 2 aromatic carbocycles. The van der Waals surface area contributed by atoms with Crippen LogP contribution in [0.25, 0.3) is 0 Å². The Hall–Kier alpha value is -3.75. The second-order valence-corrected chi connectivity index (χ2v) is 7.37. The molecule has 0 radical (unpaired) electrons. The van der Waals surface area contributed by atoms with E-state index in [2.05, 4.69) is 10.6 Å². The number of nitrogens with zero attached hydrogens (tertiary/aromatic N) is 1. The fourth-order valence-corrected chi connectivity index (χ4v) is 3.45. The van der Waals surface area contributed by atoms with Crippen molar-refractivity contribution < 1.29 is 28.3 Å². The lowest BCUT2D eigenvalue weighted by Crippen LogP contribution is -2.43. The van der Waals surface area contributed by atoms with Crippen LogP contribution < -0.4 is 10.6 Å². The van der Waals surface area contributed by atoms with Crippen LogP contribution in [0.15, 0.2) is 54.6 Å². The molecule has 8 nitrogen and oxygen atoms in total. The van der Waals surface area contributed by atoms with Gasteiger partial charge in [0.05, 0.1) is 5.92 Å². The number of carbonyl (C=O) groups is 4. The van der Waals surface area contributed by atoms with Crippen LogP contribution >= 0.6 is 0 Å². The molecule has 0 spiro atoms. The minimum absolute atomic E-state index is 0.232. The topological polar surface area (TPSA) is 105 Å². The molecule has 2 N–H and O–H groups in total. The van der Waals surface area contributed by atoms with Gasteiger partial charge in [-0.05, 0) is 37.1 Å². The molecule has 1 atom stereocenters. The Balaban J connectivity index is 1.62. The third-order valence-electron chi connectivity index (χ3n) is 5.24. The molecule has 0 unspecified atom stereocenters. The zero-order valence-electron chi connectivity index (χ0n) is 17.5. The van der Waals surface area contributed by atoms with Gasteiger partial charge in [0.15, 0.2) is 0 Å². The number of likely N-dealkylation sites (tertiary alicyclic amines) is 1.